The summed E-state index contributed by atoms with van der Waals surface area (Å²) in [5.74, 6) is 0. The molecule has 2 heterocycles. The highest BCUT2D eigenvalue weighted by Gasteiger charge is 2.34. The summed E-state index contributed by atoms with van der Waals surface area (Å²) in [7, 11) is 0. The third kappa shape index (κ3) is 4.41. The Hall–Kier alpha value is -2.40. The molecular formula is C21H27N3O2. The van der Waals surface area contributed by atoms with Crippen LogP contribution in [0.25, 0.3) is 11.3 Å². The molecule has 1 aromatic heterocycles. The van der Waals surface area contributed by atoms with Crippen molar-refractivity contribution in [2.75, 3.05) is 6.54 Å². The van der Waals surface area contributed by atoms with Crippen molar-refractivity contribution in [1.29, 1.82) is 0 Å². The van der Waals surface area contributed by atoms with Gasteiger partial charge in [0, 0.05) is 30.3 Å². The second-order valence-electron chi connectivity index (χ2n) is 7.08. The van der Waals surface area contributed by atoms with Gasteiger partial charge in [0.25, 0.3) is 0 Å². The van der Waals surface area contributed by atoms with Crippen LogP contribution >= 0.6 is 0 Å². The van der Waals surface area contributed by atoms with E-state index in [1.807, 2.05) is 62.4 Å². The number of hydrogen-bond acceptors (Lipinski definition) is 4. The number of piperidine rings is 1. The molecule has 1 fully saturated rings. The Morgan fingerprint density at radius 1 is 1.23 bits per heavy atom. The Kier molecular flexibility index (Phi) is 5.89. The molecule has 1 aromatic carbocycles. The molecule has 26 heavy (non-hydrogen) atoms. The maximum absolute atomic E-state index is 12.5. The maximum atomic E-state index is 12.5. The fraction of sp³-hybridized carbons (Fsp3) is 0.429. The van der Waals surface area contributed by atoms with E-state index in [0.29, 0.717) is 13.0 Å². The Balaban J connectivity index is 1.80. The summed E-state index contributed by atoms with van der Waals surface area (Å²) in [5.41, 5.74) is 9.31. The van der Waals surface area contributed by atoms with E-state index in [-0.39, 0.29) is 24.3 Å². The van der Waals surface area contributed by atoms with Gasteiger partial charge in [0.2, 0.25) is 0 Å². The lowest BCUT2D eigenvalue weighted by Crippen LogP contribution is -2.55. The predicted octanol–water partition coefficient (Wildman–Crippen LogP) is 3.63. The number of pyridine rings is 1. The summed E-state index contributed by atoms with van der Waals surface area (Å²) in [6.45, 7) is 4.41. The van der Waals surface area contributed by atoms with Crippen LogP contribution in [0.5, 0.6) is 0 Å². The molecule has 0 spiro atoms. The number of nitrogens with two attached hydrogens (primary N) is 1. The molecule has 0 saturated carbocycles. The molecule has 0 aliphatic carbocycles. The van der Waals surface area contributed by atoms with E-state index < -0.39 is 0 Å². The van der Waals surface area contributed by atoms with Gasteiger partial charge >= 0.3 is 6.09 Å². The largest absolute Gasteiger partial charge is 0.447 e. The Labute approximate surface area is 155 Å². The molecule has 5 heteroatoms. The Morgan fingerprint density at radius 2 is 2.00 bits per heavy atom. The molecule has 2 atom stereocenters. The van der Waals surface area contributed by atoms with Gasteiger partial charge in [-0.1, -0.05) is 36.4 Å². The number of benzene rings is 1. The third-order valence-electron chi connectivity index (χ3n) is 4.70. The lowest BCUT2D eigenvalue weighted by Gasteiger charge is -2.39. The van der Waals surface area contributed by atoms with E-state index >= 15 is 0 Å². The van der Waals surface area contributed by atoms with Crippen LogP contribution in [-0.2, 0) is 11.2 Å². The molecule has 2 aromatic rings. The molecule has 1 amide bonds. The fourth-order valence-electron chi connectivity index (χ4n) is 3.42. The summed E-state index contributed by atoms with van der Waals surface area (Å²) in [6.07, 6.45) is 2.03. The number of likely N-dealkylation sites (tertiary alicyclic amines) is 1. The van der Waals surface area contributed by atoms with Crippen LogP contribution in [0.2, 0.25) is 0 Å². The van der Waals surface area contributed by atoms with E-state index in [0.717, 1.165) is 29.8 Å². The minimum absolute atomic E-state index is 0.0642. The van der Waals surface area contributed by atoms with Gasteiger partial charge in [-0.2, -0.15) is 0 Å². The second-order valence-corrected chi connectivity index (χ2v) is 7.08. The number of carbonyl (C=O) groups excluding carboxylic acids is 1. The van der Waals surface area contributed by atoms with Gasteiger partial charge in [-0.05, 0) is 38.8 Å². The van der Waals surface area contributed by atoms with Gasteiger partial charge in [0.1, 0.15) is 0 Å². The monoisotopic (exact) mass is 353 g/mol. The first-order chi connectivity index (χ1) is 12.5. The normalized spacial score (nSPS) is 20.2. The minimum atomic E-state index is -0.278. The van der Waals surface area contributed by atoms with Gasteiger partial charge in [0.05, 0.1) is 17.8 Å². The molecule has 3 rings (SSSR count). The van der Waals surface area contributed by atoms with Crippen LogP contribution < -0.4 is 5.73 Å². The third-order valence-corrected chi connectivity index (χ3v) is 4.70. The smallest absolute Gasteiger partial charge is 0.410 e. The van der Waals surface area contributed by atoms with E-state index in [2.05, 4.69) is 0 Å². The summed E-state index contributed by atoms with van der Waals surface area (Å²) in [6, 6.07) is 16.0. The molecule has 1 aliphatic heterocycles. The van der Waals surface area contributed by atoms with Crippen molar-refractivity contribution in [1.82, 2.24) is 9.88 Å². The number of ether oxygens (including phenoxy) is 1. The predicted molar refractivity (Wildman–Crippen MR) is 103 cm³/mol. The molecule has 0 radical (unpaired) electrons. The van der Waals surface area contributed by atoms with Crippen molar-refractivity contribution >= 4 is 6.09 Å². The standard InChI is InChI=1S/C21H27N3O2/c1-15(2)26-21(25)24-13-7-11-18(22)20(24)14-17-10-6-12-19(23-17)16-8-4-3-5-9-16/h3-6,8-10,12,15,18,20H,7,11,13-14,22H2,1-2H3/t18-,20-/m0/s1. The Bertz CT molecular complexity index is 733. The topological polar surface area (TPSA) is 68.5 Å². The maximum Gasteiger partial charge on any atom is 0.410 e. The van der Waals surface area contributed by atoms with Gasteiger partial charge in [-0.25, -0.2) is 4.79 Å². The van der Waals surface area contributed by atoms with Crippen LogP contribution in [0.4, 0.5) is 4.79 Å². The number of amides is 1. The van der Waals surface area contributed by atoms with Crippen molar-refractivity contribution in [3.63, 3.8) is 0 Å². The lowest BCUT2D eigenvalue weighted by molar-refractivity contribution is 0.0477. The first-order valence-corrected chi connectivity index (χ1v) is 9.29. The lowest BCUT2D eigenvalue weighted by atomic mass is 9.93. The zero-order valence-electron chi connectivity index (χ0n) is 15.5. The molecule has 138 valence electrons. The van der Waals surface area contributed by atoms with Gasteiger partial charge in [-0.3, -0.25) is 4.98 Å². The van der Waals surface area contributed by atoms with Gasteiger partial charge < -0.3 is 15.4 Å². The first kappa shape index (κ1) is 18.4. The van der Waals surface area contributed by atoms with E-state index in [4.69, 9.17) is 15.5 Å². The summed E-state index contributed by atoms with van der Waals surface area (Å²) in [4.78, 5) is 19.0. The van der Waals surface area contributed by atoms with Gasteiger partial charge in [0.15, 0.2) is 0 Å². The molecule has 1 aliphatic rings. The molecule has 0 bridgehead atoms. The summed E-state index contributed by atoms with van der Waals surface area (Å²) >= 11 is 0. The highest BCUT2D eigenvalue weighted by atomic mass is 16.6. The van der Waals surface area contributed by atoms with Crippen LogP contribution in [0.1, 0.15) is 32.4 Å². The van der Waals surface area contributed by atoms with Crippen molar-refractivity contribution in [3.8, 4) is 11.3 Å². The van der Waals surface area contributed by atoms with Crippen LogP contribution in [0, 0.1) is 0 Å². The number of hydrogen-bond donors (Lipinski definition) is 1. The SMILES string of the molecule is CC(C)OC(=O)N1CCC[C@H](N)[C@@H]1Cc1cccc(-c2ccccc2)n1. The summed E-state index contributed by atoms with van der Waals surface area (Å²) in [5, 5.41) is 0. The first-order valence-electron chi connectivity index (χ1n) is 9.29. The fourth-order valence-corrected chi connectivity index (χ4v) is 3.42. The van der Waals surface area contributed by atoms with Crippen LogP contribution in [-0.4, -0.2) is 40.7 Å². The zero-order chi connectivity index (χ0) is 18.5. The van der Waals surface area contributed by atoms with Crippen molar-refractivity contribution in [3.05, 3.63) is 54.2 Å². The van der Waals surface area contributed by atoms with Crippen LogP contribution in [0.3, 0.4) is 0 Å². The highest BCUT2D eigenvalue weighted by Crippen LogP contribution is 2.23. The van der Waals surface area contributed by atoms with E-state index in [9.17, 15) is 4.79 Å². The highest BCUT2D eigenvalue weighted by molar-refractivity contribution is 5.68. The second kappa shape index (κ2) is 8.32. The zero-order valence-corrected chi connectivity index (χ0v) is 15.5. The molecular weight excluding hydrogens is 326 g/mol. The quantitative estimate of drug-likeness (QED) is 0.911. The van der Waals surface area contributed by atoms with Gasteiger partial charge in [-0.15, -0.1) is 0 Å². The van der Waals surface area contributed by atoms with Crippen molar-refractivity contribution in [2.24, 2.45) is 5.73 Å². The van der Waals surface area contributed by atoms with Crippen molar-refractivity contribution in [2.45, 2.75) is 51.3 Å². The average molecular weight is 353 g/mol. The average Bonchev–Trinajstić information content (AvgIpc) is 2.64. The molecule has 0 unspecified atom stereocenters. The molecule has 5 nitrogen and oxygen atoms in total. The van der Waals surface area contributed by atoms with Crippen molar-refractivity contribution < 1.29 is 9.53 Å². The van der Waals surface area contributed by atoms with Crippen LogP contribution in [0.15, 0.2) is 48.5 Å². The molecule has 1 saturated heterocycles. The Morgan fingerprint density at radius 3 is 2.73 bits per heavy atom. The minimum Gasteiger partial charge on any atom is -0.447 e. The number of aromatic nitrogens is 1. The number of rotatable bonds is 4. The van der Waals surface area contributed by atoms with E-state index in [1.165, 1.54) is 0 Å². The molecule has 2 N–H and O–H groups in total. The summed E-state index contributed by atoms with van der Waals surface area (Å²) < 4.78 is 5.41. The number of carbonyl (C=O) groups is 1. The number of nitrogens with zero attached hydrogens (tertiary/aromatic N) is 2. The van der Waals surface area contributed by atoms with E-state index in [1.54, 1.807) is 4.90 Å².